The molecule has 1 aliphatic rings. The Hall–Kier alpha value is -3.66. The van der Waals surface area contributed by atoms with Gasteiger partial charge in [0.15, 0.2) is 0 Å². The van der Waals surface area contributed by atoms with Crippen molar-refractivity contribution in [2.45, 2.75) is 0 Å². The van der Waals surface area contributed by atoms with Gasteiger partial charge in [0, 0.05) is 11.3 Å². The van der Waals surface area contributed by atoms with Crippen molar-refractivity contribution in [2.75, 3.05) is 10.6 Å². The Bertz CT molecular complexity index is 991. The van der Waals surface area contributed by atoms with Crippen LogP contribution in [0.15, 0.2) is 95.6 Å². The number of amides is 1. The van der Waals surface area contributed by atoms with Crippen LogP contribution in [0.5, 0.6) is 0 Å². The largest absolute Gasteiger partial charge is 0.399 e. The maximum Gasteiger partial charge on any atom is 0.282 e. The second-order valence-electron chi connectivity index (χ2n) is 5.97. The fraction of sp³-hybridized carbons (Fsp3) is 0. The summed E-state index contributed by atoms with van der Waals surface area (Å²) in [7, 11) is 0. The van der Waals surface area contributed by atoms with Gasteiger partial charge in [0.2, 0.25) is 0 Å². The first-order valence-electron chi connectivity index (χ1n) is 8.33. The normalized spacial score (nSPS) is 15.4. The number of rotatable bonds is 3. The van der Waals surface area contributed by atoms with Crippen LogP contribution in [-0.2, 0) is 4.79 Å². The quantitative estimate of drug-likeness (QED) is 0.577. The molecule has 0 fully saturated rings. The Balaban J connectivity index is 1.82. The molecule has 1 aliphatic heterocycles. The van der Waals surface area contributed by atoms with Crippen LogP contribution in [0.2, 0.25) is 0 Å². The Morgan fingerprint density at radius 3 is 2.08 bits per heavy atom. The van der Waals surface area contributed by atoms with Gasteiger partial charge in [-0.3, -0.25) is 9.69 Å². The summed E-state index contributed by atoms with van der Waals surface area (Å²) >= 11 is 0. The van der Waals surface area contributed by atoms with Crippen molar-refractivity contribution in [3.63, 3.8) is 0 Å². The molecule has 1 heterocycles. The summed E-state index contributed by atoms with van der Waals surface area (Å²) in [5.41, 5.74) is 9.41. The molecule has 3 aromatic carbocycles. The molecule has 0 aromatic heterocycles. The average Bonchev–Trinajstić information content (AvgIpc) is 3.00. The maximum atomic E-state index is 13.1. The molecular formula is C22H17N3O. The van der Waals surface area contributed by atoms with Crippen LogP contribution in [-0.4, -0.2) is 11.7 Å². The summed E-state index contributed by atoms with van der Waals surface area (Å²) in [4.78, 5) is 19.4. The number of carbonyl (C=O) groups excluding carboxylic acids is 1. The highest BCUT2D eigenvalue weighted by molar-refractivity contribution is 6.33. The van der Waals surface area contributed by atoms with Gasteiger partial charge in [0.25, 0.3) is 5.91 Å². The van der Waals surface area contributed by atoms with Crippen LogP contribution in [0.25, 0.3) is 6.08 Å². The first-order chi connectivity index (χ1) is 12.7. The summed E-state index contributed by atoms with van der Waals surface area (Å²) in [5, 5.41) is 0. The third-order valence-electron chi connectivity index (χ3n) is 4.15. The molecule has 4 rings (SSSR count). The minimum atomic E-state index is -0.155. The molecule has 126 valence electrons. The molecule has 4 heteroatoms. The van der Waals surface area contributed by atoms with Crippen LogP contribution in [0.3, 0.4) is 0 Å². The SMILES string of the molecule is Nc1ccc(N2C(=O)/C(=C/c3ccccc3)N=C2c2ccccc2)cc1. The zero-order chi connectivity index (χ0) is 17.9. The zero-order valence-electron chi connectivity index (χ0n) is 14.0. The average molecular weight is 339 g/mol. The van der Waals surface area contributed by atoms with Crippen molar-refractivity contribution in [1.82, 2.24) is 0 Å². The third-order valence-corrected chi connectivity index (χ3v) is 4.15. The highest BCUT2D eigenvalue weighted by Crippen LogP contribution is 2.28. The molecule has 0 bridgehead atoms. The summed E-state index contributed by atoms with van der Waals surface area (Å²) in [6.07, 6.45) is 1.81. The van der Waals surface area contributed by atoms with E-state index in [1.54, 1.807) is 17.0 Å². The number of nitrogens with two attached hydrogens (primary N) is 1. The molecule has 2 N–H and O–H groups in total. The molecule has 0 saturated heterocycles. The van der Waals surface area contributed by atoms with E-state index in [1.165, 1.54) is 0 Å². The monoisotopic (exact) mass is 339 g/mol. The van der Waals surface area contributed by atoms with Gasteiger partial charge >= 0.3 is 0 Å². The van der Waals surface area contributed by atoms with Crippen LogP contribution in [0.1, 0.15) is 11.1 Å². The van der Waals surface area contributed by atoms with E-state index in [4.69, 9.17) is 5.73 Å². The van der Waals surface area contributed by atoms with Crippen molar-refractivity contribution in [2.24, 2.45) is 4.99 Å². The highest BCUT2D eigenvalue weighted by atomic mass is 16.2. The van der Waals surface area contributed by atoms with Gasteiger partial charge in [-0.1, -0.05) is 60.7 Å². The van der Waals surface area contributed by atoms with E-state index in [2.05, 4.69) is 4.99 Å². The maximum absolute atomic E-state index is 13.1. The number of nitrogens with zero attached hydrogens (tertiary/aromatic N) is 2. The number of carbonyl (C=O) groups is 1. The number of hydrogen-bond acceptors (Lipinski definition) is 3. The van der Waals surface area contributed by atoms with Crippen LogP contribution in [0.4, 0.5) is 11.4 Å². The third kappa shape index (κ3) is 3.00. The molecule has 0 spiro atoms. The van der Waals surface area contributed by atoms with E-state index in [1.807, 2.05) is 78.9 Å². The van der Waals surface area contributed by atoms with Gasteiger partial charge in [-0.05, 0) is 35.9 Å². The predicted molar refractivity (Wildman–Crippen MR) is 106 cm³/mol. The van der Waals surface area contributed by atoms with Crippen LogP contribution >= 0.6 is 0 Å². The van der Waals surface area contributed by atoms with Gasteiger partial charge in [0.1, 0.15) is 11.5 Å². The van der Waals surface area contributed by atoms with Crippen LogP contribution < -0.4 is 10.6 Å². The molecule has 0 unspecified atom stereocenters. The van der Waals surface area contributed by atoms with Crippen molar-refractivity contribution in [3.8, 4) is 0 Å². The zero-order valence-corrected chi connectivity index (χ0v) is 14.0. The van der Waals surface area contributed by atoms with E-state index in [0.29, 0.717) is 17.2 Å². The second-order valence-corrected chi connectivity index (χ2v) is 5.97. The molecular weight excluding hydrogens is 322 g/mol. The summed E-state index contributed by atoms with van der Waals surface area (Å²) in [5.74, 6) is 0.458. The number of aliphatic imine (C=N–C) groups is 1. The Morgan fingerprint density at radius 1 is 0.808 bits per heavy atom. The molecule has 1 amide bonds. The number of amidine groups is 1. The molecule has 0 aliphatic carbocycles. The van der Waals surface area contributed by atoms with E-state index in [0.717, 1.165) is 16.8 Å². The van der Waals surface area contributed by atoms with E-state index < -0.39 is 0 Å². The highest BCUT2D eigenvalue weighted by Gasteiger charge is 2.32. The van der Waals surface area contributed by atoms with E-state index in [9.17, 15) is 4.79 Å². The van der Waals surface area contributed by atoms with Gasteiger partial charge in [-0.2, -0.15) is 0 Å². The van der Waals surface area contributed by atoms with Crippen molar-refractivity contribution >= 4 is 29.2 Å². The molecule has 3 aromatic rings. The van der Waals surface area contributed by atoms with Crippen molar-refractivity contribution in [1.29, 1.82) is 0 Å². The fourth-order valence-corrected chi connectivity index (χ4v) is 2.87. The second kappa shape index (κ2) is 6.69. The predicted octanol–water partition coefficient (Wildman–Crippen LogP) is 4.10. The standard InChI is InChI=1S/C22H17N3O/c23-18-11-13-19(14-12-18)25-21(17-9-5-2-6-10-17)24-20(22(25)26)15-16-7-3-1-4-8-16/h1-15H,23H2/b20-15-. The van der Waals surface area contributed by atoms with Gasteiger partial charge in [-0.25, -0.2) is 4.99 Å². The van der Waals surface area contributed by atoms with Crippen molar-refractivity contribution in [3.05, 3.63) is 102 Å². The minimum Gasteiger partial charge on any atom is -0.399 e. The Morgan fingerprint density at radius 2 is 1.42 bits per heavy atom. The first-order valence-corrected chi connectivity index (χ1v) is 8.33. The smallest absolute Gasteiger partial charge is 0.282 e. The molecule has 4 nitrogen and oxygen atoms in total. The lowest BCUT2D eigenvalue weighted by atomic mass is 10.1. The fourth-order valence-electron chi connectivity index (χ4n) is 2.87. The van der Waals surface area contributed by atoms with Gasteiger partial charge in [-0.15, -0.1) is 0 Å². The summed E-state index contributed by atoms with van der Waals surface area (Å²) in [6, 6.07) is 26.6. The van der Waals surface area contributed by atoms with Crippen LogP contribution in [0, 0.1) is 0 Å². The molecule has 26 heavy (non-hydrogen) atoms. The topological polar surface area (TPSA) is 58.7 Å². The Kier molecular flexibility index (Phi) is 4.07. The number of nitrogen functional groups attached to an aromatic ring is 1. The van der Waals surface area contributed by atoms with E-state index >= 15 is 0 Å². The lowest BCUT2D eigenvalue weighted by molar-refractivity contribution is -0.113. The summed E-state index contributed by atoms with van der Waals surface area (Å²) in [6.45, 7) is 0. The van der Waals surface area contributed by atoms with Gasteiger partial charge in [0.05, 0.1) is 5.69 Å². The molecule has 0 saturated carbocycles. The number of benzene rings is 3. The van der Waals surface area contributed by atoms with Gasteiger partial charge < -0.3 is 5.73 Å². The Labute approximate surface area is 151 Å². The summed E-state index contributed by atoms with van der Waals surface area (Å²) < 4.78 is 0. The van der Waals surface area contributed by atoms with E-state index in [-0.39, 0.29) is 5.91 Å². The van der Waals surface area contributed by atoms with Crippen molar-refractivity contribution < 1.29 is 4.79 Å². The first kappa shape index (κ1) is 15.8. The number of hydrogen-bond donors (Lipinski definition) is 1. The molecule has 0 atom stereocenters. The lowest BCUT2D eigenvalue weighted by Gasteiger charge is -2.18. The molecule has 0 radical (unpaired) electrons. The minimum absolute atomic E-state index is 0.155. The number of anilines is 2. The lowest BCUT2D eigenvalue weighted by Crippen LogP contribution is -2.32.